The van der Waals surface area contributed by atoms with Gasteiger partial charge in [-0.15, -0.1) is 0 Å². The van der Waals surface area contributed by atoms with Crippen molar-refractivity contribution in [1.29, 1.82) is 0 Å². The largest absolute Gasteiger partial charge is 0.480 e. The predicted molar refractivity (Wildman–Crippen MR) is 61.9 cm³/mol. The summed E-state index contributed by atoms with van der Waals surface area (Å²) in [6.07, 6.45) is 1.23. The van der Waals surface area contributed by atoms with Crippen molar-refractivity contribution < 1.29 is 19.2 Å². The van der Waals surface area contributed by atoms with E-state index in [0.29, 0.717) is 24.7 Å². The molecule has 0 aliphatic heterocycles. The number of carbonyl (C=O) groups is 2. The van der Waals surface area contributed by atoms with Gasteiger partial charge < -0.3 is 14.5 Å². The molecule has 1 aromatic rings. The lowest BCUT2D eigenvalue weighted by Gasteiger charge is -2.19. The molecule has 7 nitrogen and oxygen atoms in total. The summed E-state index contributed by atoms with van der Waals surface area (Å²) in [7, 11) is 0. The Morgan fingerprint density at radius 3 is 2.67 bits per heavy atom. The fourth-order valence-corrected chi connectivity index (χ4v) is 1.54. The van der Waals surface area contributed by atoms with E-state index in [-0.39, 0.29) is 18.9 Å². The van der Waals surface area contributed by atoms with Crippen LogP contribution in [-0.2, 0) is 16.0 Å². The molecule has 0 bridgehead atoms. The lowest BCUT2D eigenvalue weighted by atomic mass is 10.2. The normalized spacial score (nSPS) is 10.3. The molecule has 0 saturated heterocycles. The first-order chi connectivity index (χ1) is 8.52. The second-order valence-corrected chi connectivity index (χ2v) is 3.94. The SMILES string of the molecule is CCCN(CC(=O)O)C(=O)CCc1nc(C)no1. The standard InChI is InChI=1S/C11H17N3O4/c1-3-6-14(7-11(16)17)10(15)5-4-9-12-8(2)13-18-9/h3-7H2,1-2H3,(H,16,17). The lowest BCUT2D eigenvalue weighted by Crippen LogP contribution is -2.36. The minimum atomic E-state index is -1.01. The van der Waals surface area contributed by atoms with E-state index in [0.717, 1.165) is 6.42 Å². The van der Waals surface area contributed by atoms with Crippen LogP contribution in [0.4, 0.5) is 0 Å². The number of carboxylic acid groups (broad SMARTS) is 1. The van der Waals surface area contributed by atoms with Crippen LogP contribution in [0.15, 0.2) is 4.52 Å². The minimum absolute atomic E-state index is 0.176. The predicted octanol–water partition coefficient (Wildman–Crippen LogP) is 0.634. The first kappa shape index (κ1) is 14.1. The van der Waals surface area contributed by atoms with Crippen molar-refractivity contribution >= 4 is 11.9 Å². The second kappa shape index (κ2) is 6.73. The van der Waals surface area contributed by atoms with E-state index in [4.69, 9.17) is 9.63 Å². The van der Waals surface area contributed by atoms with Gasteiger partial charge in [-0.25, -0.2) is 0 Å². The Labute approximate surface area is 105 Å². The van der Waals surface area contributed by atoms with Crippen molar-refractivity contribution in [2.24, 2.45) is 0 Å². The summed E-state index contributed by atoms with van der Waals surface area (Å²) in [6.45, 7) is 3.76. The van der Waals surface area contributed by atoms with E-state index in [9.17, 15) is 9.59 Å². The van der Waals surface area contributed by atoms with Crippen LogP contribution in [0.25, 0.3) is 0 Å². The third-order valence-corrected chi connectivity index (χ3v) is 2.29. The molecule has 0 fully saturated rings. The van der Waals surface area contributed by atoms with Gasteiger partial charge in [0.2, 0.25) is 11.8 Å². The van der Waals surface area contributed by atoms with Crippen molar-refractivity contribution in [2.75, 3.05) is 13.1 Å². The van der Waals surface area contributed by atoms with Gasteiger partial charge in [0.25, 0.3) is 0 Å². The summed E-state index contributed by atoms with van der Waals surface area (Å²) in [5.41, 5.74) is 0. The van der Waals surface area contributed by atoms with Gasteiger partial charge in [-0.2, -0.15) is 4.98 Å². The molecule has 0 atom stereocenters. The Hall–Kier alpha value is -1.92. The van der Waals surface area contributed by atoms with Crippen LogP contribution in [0.1, 0.15) is 31.5 Å². The molecule has 7 heteroatoms. The number of aromatic nitrogens is 2. The van der Waals surface area contributed by atoms with Crippen molar-refractivity contribution in [1.82, 2.24) is 15.0 Å². The quantitative estimate of drug-likeness (QED) is 0.767. The highest BCUT2D eigenvalue weighted by Crippen LogP contribution is 2.04. The van der Waals surface area contributed by atoms with Crippen LogP contribution >= 0.6 is 0 Å². The molecule has 1 heterocycles. The Morgan fingerprint density at radius 1 is 1.44 bits per heavy atom. The summed E-state index contributed by atoms with van der Waals surface area (Å²) in [5, 5.41) is 12.3. The Bertz CT molecular complexity index is 416. The first-order valence-corrected chi connectivity index (χ1v) is 5.81. The highest BCUT2D eigenvalue weighted by atomic mass is 16.5. The van der Waals surface area contributed by atoms with E-state index in [1.165, 1.54) is 4.90 Å². The van der Waals surface area contributed by atoms with E-state index < -0.39 is 5.97 Å². The fraction of sp³-hybridized carbons (Fsp3) is 0.636. The summed E-state index contributed by atoms with van der Waals surface area (Å²) in [6, 6.07) is 0. The van der Waals surface area contributed by atoms with Crippen molar-refractivity contribution in [3.8, 4) is 0 Å². The first-order valence-electron chi connectivity index (χ1n) is 5.81. The van der Waals surface area contributed by atoms with Gasteiger partial charge in [0.15, 0.2) is 5.82 Å². The van der Waals surface area contributed by atoms with Gasteiger partial charge in [-0.05, 0) is 13.3 Å². The zero-order valence-electron chi connectivity index (χ0n) is 10.5. The maximum atomic E-state index is 11.8. The summed E-state index contributed by atoms with van der Waals surface area (Å²) >= 11 is 0. The third-order valence-electron chi connectivity index (χ3n) is 2.29. The maximum absolute atomic E-state index is 11.8. The molecule has 0 aliphatic carbocycles. The van der Waals surface area contributed by atoms with Gasteiger partial charge in [-0.3, -0.25) is 9.59 Å². The molecule has 1 amide bonds. The van der Waals surface area contributed by atoms with Crippen LogP contribution < -0.4 is 0 Å². The molecule has 0 aliphatic rings. The molecule has 1 aromatic heterocycles. The van der Waals surface area contributed by atoms with Crippen molar-refractivity contribution in [3.05, 3.63) is 11.7 Å². The highest BCUT2D eigenvalue weighted by Gasteiger charge is 2.16. The molecule has 0 radical (unpaired) electrons. The fourth-order valence-electron chi connectivity index (χ4n) is 1.54. The number of hydrogen-bond acceptors (Lipinski definition) is 5. The molecule has 0 spiro atoms. The summed E-state index contributed by atoms with van der Waals surface area (Å²) in [4.78, 5) is 27.8. The lowest BCUT2D eigenvalue weighted by molar-refractivity contribution is -0.144. The van der Waals surface area contributed by atoms with E-state index in [1.54, 1.807) is 6.92 Å². The number of aliphatic carboxylic acids is 1. The molecule has 0 aromatic carbocycles. The maximum Gasteiger partial charge on any atom is 0.323 e. The monoisotopic (exact) mass is 255 g/mol. The molecule has 18 heavy (non-hydrogen) atoms. The zero-order chi connectivity index (χ0) is 13.5. The topological polar surface area (TPSA) is 96.5 Å². The number of hydrogen-bond donors (Lipinski definition) is 1. The summed E-state index contributed by atoms with van der Waals surface area (Å²) in [5.74, 6) is -0.304. The van der Waals surface area contributed by atoms with Gasteiger partial charge >= 0.3 is 5.97 Å². The van der Waals surface area contributed by atoms with Gasteiger partial charge in [0, 0.05) is 19.4 Å². The number of amides is 1. The van der Waals surface area contributed by atoms with Gasteiger partial charge in [0.05, 0.1) is 0 Å². The smallest absolute Gasteiger partial charge is 0.323 e. The molecule has 0 saturated carbocycles. The molecule has 1 N–H and O–H groups in total. The number of nitrogens with zero attached hydrogens (tertiary/aromatic N) is 3. The van der Waals surface area contributed by atoms with Gasteiger partial charge in [-0.1, -0.05) is 12.1 Å². The molecule has 100 valence electrons. The Balaban J connectivity index is 2.48. The van der Waals surface area contributed by atoms with E-state index >= 15 is 0 Å². The average molecular weight is 255 g/mol. The number of rotatable bonds is 7. The summed E-state index contributed by atoms with van der Waals surface area (Å²) < 4.78 is 4.89. The number of carboxylic acids is 1. The number of carbonyl (C=O) groups excluding carboxylic acids is 1. The van der Waals surface area contributed by atoms with Crippen LogP contribution in [-0.4, -0.2) is 45.1 Å². The van der Waals surface area contributed by atoms with Gasteiger partial charge in [0.1, 0.15) is 6.54 Å². The second-order valence-electron chi connectivity index (χ2n) is 3.94. The van der Waals surface area contributed by atoms with Crippen molar-refractivity contribution in [3.63, 3.8) is 0 Å². The third kappa shape index (κ3) is 4.52. The zero-order valence-corrected chi connectivity index (χ0v) is 10.5. The molecule has 0 unspecified atom stereocenters. The van der Waals surface area contributed by atoms with Crippen LogP contribution in [0.5, 0.6) is 0 Å². The van der Waals surface area contributed by atoms with Crippen LogP contribution in [0.2, 0.25) is 0 Å². The average Bonchev–Trinajstić information content (AvgIpc) is 2.71. The highest BCUT2D eigenvalue weighted by molar-refractivity contribution is 5.81. The van der Waals surface area contributed by atoms with E-state index in [1.807, 2.05) is 6.92 Å². The van der Waals surface area contributed by atoms with E-state index in [2.05, 4.69) is 10.1 Å². The number of aryl methyl sites for hydroxylation is 2. The van der Waals surface area contributed by atoms with Crippen molar-refractivity contribution in [2.45, 2.75) is 33.1 Å². The molecular weight excluding hydrogens is 238 g/mol. The minimum Gasteiger partial charge on any atom is -0.480 e. The molecular formula is C11H17N3O4. The molecule has 1 rings (SSSR count). The Morgan fingerprint density at radius 2 is 2.17 bits per heavy atom. The Kier molecular flexibility index (Phi) is 5.29. The van der Waals surface area contributed by atoms with Crippen LogP contribution in [0.3, 0.4) is 0 Å². The van der Waals surface area contributed by atoms with Crippen LogP contribution in [0, 0.1) is 6.92 Å².